The zero-order chi connectivity index (χ0) is 21.5. The van der Waals surface area contributed by atoms with E-state index in [1.54, 1.807) is 0 Å². The number of methoxy groups -OCH3 is 1. The van der Waals surface area contributed by atoms with Gasteiger partial charge in [0, 0.05) is 10.4 Å². The fraction of sp³-hybridized carbons (Fsp3) is 0.478. The van der Waals surface area contributed by atoms with Gasteiger partial charge in [0.25, 0.3) is 5.91 Å². The number of nitrogens with two attached hydrogens (primary N) is 1. The maximum atomic E-state index is 12.6. The number of hydrogen-bond acceptors (Lipinski definition) is 4. The van der Waals surface area contributed by atoms with Gasteiger partial charge in [-0.1, -0.05) is 36.8 Å². The Bertz CT molecular complexity index is 864. The zero-order valence-corrected chi connectivity index (χ0v) is 18.9. The van der Waals surface area contributed by atoms with Gasteiger partial charge in [0.05, 0.1) is 26.8 Å². The third kappa shape index (κ3) is 5.47. The first-order valence-corrected chi connectivity index (χ1v) is 11.5. The second-order valence-electron chi connectivity index (χ2n) is 8.08. The fourth-order valence-electron chi connectivity index (χ4n) is 4.10. The highest BCUT2D eigenvalue weighted by molar-refractivity contribution is 7.17. The summed E-state index contributed by atoms with van der Waals surface area (Å²) in [5, 5.41) is 5.67. The summed E-state index contributed by atoms with van der Waals surface area (Å²) >= 11 is 1.54. The Morgan fingerprint density at radius 1 is 1.17 bits per heavy atom. The minimum Gasteiger partial charge on any atom is -0.465 e. The molecule has 1 amide bonds. The van der Waals surface area contributed by atoms with Crippen LogP contribution in [-0.4, -0.2) is 46.2 Å². The zero-order valence-electron chi connectivity index (χ0n) is 18.1. The molecule has 1 atom stereocenters. The highest BCUT2D eigenvalue weighted by atomic mass is 32.1. The molecule has 162 valence electrons. The molecule has 0 bridgehead atoms. The molecule has 0 radical (unpaired) electrons. The Morgan fingerprint density at radius 3 is 2.60 bits per heavy atom. The van der Waals surface area contributed by atoms with E-state index in [-0.39, 0.29) is 11.9 Å². The third-order valence-corrected chi connectivity index (χ3v) is 6.90. The highest BCUT2D eigenvalue weighted by Crippen LogP contribution is 2.37. The van der Waals surface area contributed by atoms with Crippen LogP contribution in [0.1, 0.15) is 51.7 Å². The number of thiophene rings is 1. The van der Waals surface area contributed by atoms with Crippen molar-refractivity contribution in [3.8, 4) is 0 Å². The van der Waals surface area contributed by atoms with Crippen LogP contribution in [0.5, 0.6) is 0 Å². The van der Waals surface area contributed by atoms with Gasteiger partial charge in [-0.25, -0.2) is 4.79 Å². The van der Waals surface area contributed by atoms with Crippen LogP contribution in [0.2, 0.25) is 0 Å². The Balaban J connectivity index is 1.64. The van der Waals surface area contributed by atoms with E-state index in [4.69, 9.17) is 4.74 Å². The lowest BCUT2D eigenvalue weighted by Gasteiger charge is -2.20. The van der Waals surface area contributed by atoms with Crippen LogP contribution < -0.4 is 15.5 Å². The molecule has 1 heterocycles. The molecule has 1 aromatic carbocycles. The van der Waals surface area contributed by atoms with Crippen LogP contribution in [0, 0.1) is 0 Å². The summed E-state index contributed by atoms with van der Waals surface area (Å²) in [6, 6.07) is 10.7. The Morgan fingerprint density at radius 2 is 1.90 bits per heavy atom. The smallest absolute Gasteiger partial charge is 0.341 e. The van der Waals surface area contributed by atoms with E-state index < -0.39 is 0 Å². The molecule has 0 spiro atoms. The number of aryl methyl sites for hydroxylation is 1. The van der Waals surface area contributed by atoms with Gasteiger partial charge >= 0.3 is 5.97 Å². The molecule has 6 nitrogen and oxygen atoms in total. The summed E-state index contributed by atoms with van der Waals surface area (Å²) in [7, 11) is 5.66. The molecule has 3 rings (SSSR count). The normalized spacial score (nSPS) is 14.7. The number of quaternary nitrogens is 2. The third-order valence-electron chi connectivity index (χ3n) is 5.69. The van der Waals surface area contributed by atoms with Crippen molar-refractivity contribution in [2.75, 3.05) is 39.6 Å². The molecular formula is C23H33N3O3S+2. The number of nitrogens with one attached hydrogen (secondary N) is 2. The molecule has 0 saturated heterocycles. The van der Waals surface area contributed by atoms with Crippen molar-refractivity contribution in [2.45, 2.75) is 38.1 Å². The van der Waals surface area contributed by atoms with Crippen molar-refractivity contribution >= 4 is 28.2 Å². The highest BCUT2D eigenvalue weighted by Gasteiger charge is 2.27. The maximum absolute atomic E-state index is 12.6. The average molecular weight is 432 g/mol. The lowest BCUT2D eigenvalue weighted by atomic mass is 10.1. The molecule has 0 fully saturated rings. The van der Waals surface area contributed by atoms with E-state index in [1.807, 2.05) is 23.5 Å². The molecule has 30 heavy (non-hydrogen) atoms. The number of esters is 1. The molecule has 1 aliphatic carbocycles. The van der Waals surface area contributed by atoms with Gasteiger partial charge in [0.15, 0.2) is 12.6 Å². The van der Waals surface area contributed by atoms with E-state index in [0.29, 0.717) is 23.2 Å². The molecule has 1 aliphatic rings. The summed E-state index contributed by atoms with van der Waals surface area (Å²) in [5.41, 5.74) is 2.90. The predicted molar refractivity (Wildman–Crippen MR) is 119 cm³/mol. The Labute approximate surface area is 182 Å². The molecular weight excluding hydrogens is 398 g/mol. The predicted octanol–water partition coefficient (Wildman–Crippen LogP) is 1.19. The summed E-state index contributed by atoms with van der Waals surface area (Å²) in [5.74, 6) is -0.439. The summed E-state index contributed by atoms with van der Waals surface area (Å²) in [6.07, 6.45) is 5.22. The number of anilines is 1. The Hall–Kier alpha value is -2.22. The summed E-state index contributed by atoms with van der Waals surface area (Å²) in [6.45, 7) is 1.13. The minimum atomic E-state index is -0.353. The summed E-state index contributed by atoms with van der Waals surface area (Å²) < 4.78 is 5.02. The van der Waals surface area contributed by atoms with E-state index in [1.165, 1.54) is 40.2 Å². The lowest BCUT2D eigenvalue weighted by molar-refractivity contribution is -0.908. The van der Waals surface area contributed by atoms with Gasteiger partial charge in [0.1, 0.15) is 11.5 Å². The number of rotatable bonds is 8. The number of hydrogen-bond donors (Lipinski definition) is 3. The quantitative estimate of drug-likeness (QED) is 0.434. The topological polar surface area (TPSA) is 76.4 Å². The first-order valence-electron chi connectivity index (χ1n) is 10.7. The number of fused-ring (bicyclic) bond motifs is 1. The van der Waals surface area contributed by atoms with Crippen LogP contribution in [-0.2, 0) is 22.4 Å². The monoisotopic (exact) mass is 431 g/mol. The van der Waals surface area contributed by atoms with E-state index in [0.717, 1.165) is 37.8 Å². The maximum Gasteiger partial charge on any atom is 0.341 e. The van der Waals surface area contributed by atoms with Crippen LogP contribution in [0.15, 0.2) is 30.3 Å². The molecule has 0 unspecified atom stereocenters. The first-order chi connectivity index (χ1) is 14.5. The van der Waals surface area contributed by atoms with Gasteiger partial charge in [-0.15, -0.1) is 11.3 Å². The number of amides is 1. The second-order valence-corrected chi connectivity index (χ2v) is 9.18. The van der Waals surface area contributed by atoms with Crippen LogP contribution in [0.3, 0.4) is 0 Å². The number of benzene rings is 1. The van der Waals surface area contributed by atoms with E-state index in [2.05, 4.69) is 31.5 Å². The van der Waals surface area contributed by atoms with Gasteiger partial charge < -0.3 is 20.3 Å². The number of carbonyl (C=O) groups is 2. The second kappa shape index (κ2) is 10.7. The number of likely N-dealkylation sites (N-methyl/N-ethyl adjacent to an activating group) is 1. The van der Waals surface area contributed by atoms with Gasteiger partial charge in [-0.05, 0) is 31.2 Å². The number of ether oxygens (including phenoxy) is 1. The van der Waals surface area contributed by atoms with Gasteiger partial charge in [-0.2, -0.15) is 0 Å². The van der Waals surface area contributed by atoms with Crippen molar-refractivity contribution in [1.29, 1.82) is 0 Å². The molecule has 7 heteroatoms. The summed E-state index contributed by atoms with van der Waals surface area (Å²) in [4.78, 5) is 27.6. The van der Waals surface area contributed by atoms with Crippen LogP contribution >= 0.6 is 11.3 Å². The average Bonchev–Trinajstić information content (AvgIpc) is 2.91. The van der Waals surface area contributed by atoms with Crippen molar-refractivity contribution in [3.63, 3.8) is 0 Å². The van der Waals surface area contributed by atoms with Crippen molar-refractivity contribution in [2.24, 2.45) is 0 Å². The molecule has 0 aliphatic heterocycles. The minimum absolute atomic E-state index is 0.0860. The van der Waals surface area contributed by atoms with Crippen molar-refractivity contribution < 1.29 is 24.5 Å². The molecule has 1 aromatic heterocycles. The fourth-order valence-corrected chi connectivity index (χ4v) is 5.39. The number of carbonyl (C=O) groups excluding carboxylic acids is 2. The molecule has 0 saturated carbocycles. The van der Waals surface area contributed by atoms with Gasteiger partial charge in [-0.3, -0.25) is 4.79 Å². The standard InChI is InChI=1S/C23H31N3O3S/c1-26(2)18(16-10-6-4-7-11-16)14-24-15-20(27)25-22-21(23(28)29-3)17-12-8-5-9-13-19(17)30-22/h4,6-7,10-11,18,24H,5,8-9,12-15H2,1-3H3,(H,25,27)/p+2/t18-/m1/s1. The largest absolute Gasteiger partial charge is 0.465 e. The lowest BCUT2D eigenvalue weighted by Crippen LogP contribution is -3.09. The van der Waals surface area contributed by atoms with E-state index >= 15 is 0 Å². The van der Waals surface area contributed by atoms with Crippen LogP contribution in [0.25, 0.3) is 0 Å². The molecule has 4 N–H and O–H groups in total. The van der Waals surface area contributed by atoms with E-state index in [9.17, 15) is 9.59 Å². The Kier molecular flexibility index (Phi) is 8.01. The van der Waals surface area contributed by atoms with Crippen molar-refractivity contribution in [1.82, 2.24) is 0 Å². The first kappa shape index (κ1) is 22.5. The van der Waals surface area contributed by atoms with Crippen molar-refractivity contribution in [3.05, 3.63) is 51.9 Å². The van der Waals surface area contributed by atoms with Crippen LogP contribution in [0.4, 0.5) is 5.00 Å². The SMILES string of the molecule is COC(=O)c1c(NC(=O)C[NH2+]C[C@H](c2ccccc2)[NH+](C)C)sc2c1CCCCC2. The molecule has 2 aromatic rings. The van der Waals surface area contributed by atoms with Gasteiger partial charge in [0.2, 0.25) is 0 Å².